The molecule has 1 N–H and O–H groups in total. The second-order valence-corrected chi connectivity index (χ2v) is 4.67. The van der Waals surface area contributed by atoms with Crippen LogP contribution in [0.25, 0.3) is 0 Å². The van der Waals surface area contributed by atoms with E-state index in [1.165, 1.54) is 18.2 Å². The van der Waals surface area contributed by atoms with Crippen LogP contribution in [0, 0.1) is 23.5 Å². The third kappa shape index (κ3) is 2.59. The summed E-state index contributed by atoms with van der Waals surface area (Å²) < 4.78 is 26.5. The standard InChI is InChI=1S/C13H17F2N/c1-9-8-16-5-4-10(9)6-11-7-12(14)2-3-13(11)15/h2-3,7,9-10,16H,4-6,8H2,1H3. The summed E-state index contributed by atoms with van der Waals surface area (Å²) in [6.07, 6.45) is 1.68. The summed E-state index contributed by atoms with van der Waals surface area (Å²) in [6, 6.07) is 3.71. The van der Waals surface area contributed by atoms with E-state index in [1.54, 1.807) is 0 Å². The molecule has 1 aliphatic heterocycles. The van der Waals surface area contributed by atoms with Crippen molar-refractivity contribution in [3.8, 4) is 0 Å². The first kappa shape index (κ1) is 11.5. The largest absolute Gasteiger partial charge is 0.316 e. The fourth-order valence-corrected chi connectivity index (χ4v) is 2.35. The molecule has 1 aromatic carbocycles. The Morgan fingerprint density at radius 3 is 2.94 bits per heavy atom. The van der Waals surface area contributed by atoms with Gasteiger partial charge in [0.2, 0.25) is 0 Å². The lowest BCUT2D eigenvalue weighted by Gasteiger charge is -2.29. The molecule has 0 aliphatic carbocycles. The predicted octanol–water partition coefficient (Wildman–Crippen LogP) is 2.75. The lowest BCUT2D eigenvalue weighted by Crippen LogP contribution is -2.36. The third-order valence-corrected chi connectivity index (χ3v) is 3.45. The van der Waals surface area contributed by atoms with Crippen LogP contribution in [0.15, 0.2) is 18.2 Å². The van der Waals surface area contributed by atoms with E-state index < -0.39 is 0 Å². The number of hydrogen-bond donors (Lipinski definition) is 1. The van der Waals surface area contributed by atoms with Crippen LogP contribution in [0.4, 0.5) is 8.78 Å². The molecule has 3 heteroatoms. The number of piperidine rings is 1. The maximum absolute atomic E-state index is 13.5. The molecular weight excluding hydrogens is 208 g/mol. The van der Waals surface area contributed by atoms with Gasteiger partial charge >= 0.3 is 0 Å². The van der Waals surface area contributed by atoms with E-state index in [9.17, 15) is 8.78 Å². The van der Waals surface area contributed by atoms with Gasteiger partial charge in [0.1, 0.15) is 11.6 Å². The topological polar surface area (TPSA) is 12.0 Å². The average Bonchev–Trinajstić information content (AvgIpc) is 2.27. The highest BCUT2D eigenvalue weighted by Crippen LogP contribution is 2.24. The highest BCUT2D eigenvalue weighted by atomic mass is 19.1. The van der Waals surface area contributed by atoms with Crippen molar-refractivity contribution in [1.82, 2.24) is 5.32 Å². The van der Waals surface area contributed by atoms with Gasteiger partial charge in [-0.15, -0.1) is 0 Å². The zero-order valence-electron chi connectivity index (χ0n) is 9.47. The van der Waals surface area contributed by atoms with Gasteiger partial charge in [0.25, 0.3) is 0 Å². The molecule has 0 saturated carbocycles. The minimum atomic E-state index is -0.349. The molecule has 1 aromatic rings. The molecular formula is C13H17F2N. The first-order valence-corrected chi connectivity index (χ1v) is 5.81. The molecule has 2 atom stereocenters. The van der Waals surface area contributed by atoms with Gasteiger partial charge in [-0.3, -0.25) is 0 Å². The Labute approximate surface area is 94.9 Å². The van der Waals surface area contributed by atoms with Gasteiger partial charge in [-0.1, -0.05) is 6.92 Å². The molecule has 0 radical (unpaired) electrons. The molecule has 1 fully saturated rings. The van der Waals surface area contributed by atoms with E-state index >= 15 is 0 Å². The van der Waals surface area contributed by atoms with Crippen molar-refractivity contribution in [3.63, 3.8) is 0 Å². The Kier molecular flexibility index (Phi) is 3.54. The van der Waals surface area contributed by atoms with Crippen molar-refractivity contribution in [1.29, 1.82) is 0 Å². The van der Waals surface area contributed by atoms with Crippen molar-refractivity contribution in [2.45, 2.75) is 19.8 Å². The van der Waals surface area contributed by atoms with Crippen LogP contribution in [0.2, 0.25) is 0 Å². The first-order chi connectivity index (χ1) is 7.66. The minimum Gasteiger partial charge on any atom is -0.316 e. The van der Waals surface area contributed by atoms with Crippen molar-refractivity contribution < 1.29 is 8.78 Å². The summed E-state index contributed by atoms with van der Waals surface area (Å²) in [5.41, 5.74) is 0.513. The number of halogens is 2. The van der Waals surface area contributed by atoms with Crippen LogP contribution in [0.5, 0.6) is 0 Å². The van der Waals surface area contributed by atoms with Crippen LogP contribution in [0.3, 0.4) is 0 Å². The van der Waals surface area contributed by atoms with E-state index in [1.807, 2.05) is 0 Å². The maximum Gasteiger partial charge on any atom is 0.126 e. The molecule has 88 valence electrons. The van der Waals surface area contributed by atoms with Crippen molar-refractivity contribution in [2.24, 2.45) is 11.8 Å². The first-order valence-electron chi connectivity index (χ1n) is 5.81. The normalized spacial score (nSPS) is 25.7. The highest BCUT2D eigenvalue weighted by molar-refractivity contribution is 5.19. The molecule has 1 aliphatic rings. The molecule has 2 rings (SSSR count). The van der Waals surface area contributed by atoms with Gasteiger partial charge in [0, 0.05) is 0 Å². The molecule has 1 nitrogen and oxygen atoms in total. The van der Waals surface area contributed by atoms with Crippen LogP contribution >= 0.6 is 0 Å². The fourth-order valence-electron chi connectivity index (χ4n) is 2.35. The number of hydrogen-bond acceptors (Lipinski definition) is 1. The molecule has 0 amide bonds. The smallest absolute Gasteiger partial charge is 0.126 e. The van der Waals surface area contributed by atoms with Gasteiger partial charge in [0.15, 0.2) is 0 Å². The van der Waals surface area contributed by atoms with Crippen molar-refractivity contribution in [3.05, 3.63) is 35.4 Å². The van der Waals surface area contributed by atoms with Crippen LogP contribution in [0.1, 0.15) is 18.9 Å². The second-order valence-electron chi connectivity index (χ2n) is 4.67. The van der Waals surface area contributed by atoms with E-state index in [-0.39, 0.29) is 11.6 Å². The summed E-state index contributed by atoms with van der Waals surface area (Å²) in [6.45, 7) is 4.11. The Hall–Kier alpha value is -0.960. The number of benzene rings is 1. The molecule has 1 heterocycles. The lowest BCUT2D eigenvalue weighted by molar-refractivity contribution is 0.270. The molecule has 1 saturated heterocycles. The maximum atomic E-state index is 13.5. The predicted molar refractivity (Wildman–Crippen MR) is 60.2 cm³/mol. The van der Waals surface area contributed by atoms with Gasteiger partial charge in [0.05, 0.1) is 0 Å². The summed E-state index contributed by atoms with van der Waals surface area (Å²) in [4.78, 5) is 0. The SMILES string of the molecule is CC1CNCCC1Cc1cc(F)ccc1F. The van der Waals surface area contributed by atoms with Crippen molar-refractivity contribution in [2.75, 3.05) is 13.1 Å². The van der Waals surface area contributed by atoms with Crippen LogP contribution < -0.4 is 5.32 Å². The molecule has 16 heavy (non-hydrogen) atoms. The van der Waals surface area contributed by atoms with Gasteiger partial charge in [-0.2, -0.15) is 0 Å². The molecule has 2 unspecified atom stereocenters. The molecule has 0 spiro atoms. The number of nitrogens with one attached hydrogen (secondary N) is 1. The summed E-state index contributed by atoms with van der Waals surface area (Å²) >= 11 is 0. The fraction of sp³-hybridized carbons (Fsp3) is 0.538. The van der Waals surface area contributed by atoms with Gasteiger partial charge in [-0.05, 0) is 61.5 Å². The third-order valence-electron chi connectivity index (χ3n) is 3.45. The minimum absolute atomic E-state index is 0.285. The van der Waals surface area contributed by atoms with E-state index in [0.29, 0.717) is 23.8 Å². The quantitative estimate of drug-likeness (QED) is 0.816. The van der Waals surface area contributed by atoms with Crippen LogP contribution in [-0.4, -0.2) is 13.1 Å². The summed E-state index contributed by atoms with van der Waals surface area (Å²) in [5.74, 6) is 0.346. The highest BCUT2D eigenvalue weighted by Gasteiger charge is 2.22. The second kappa shape index (κ2) is 4.91. The van der Waals surface area contributed by atoms with Crippen molar-refractivity contribution >= 4 is 0 Å². The Morgan fingerprint density at radius 2 is 2.19 bits per heavy atom. The van der Waals surface area contributed by atoms with E-state index in [0.717, 1.165) is 19.5 Å². The average molecular weight is 225 g/mol. The Bertz CT molecular complexity index is 365. The lowest BCUT2D eigenvalue weighted by atomic mass is 9.83. The zero-order valence-corrected chi connectivity index (χ0v) is 9.47. The zero-order chi connectivity index (χ0) is 11.5. The summed E-state index contributed by atoms with van der Waals surface area (Å²) in [7, 11) is 0. The molecule has 0 aromatic heterocycles. The molecule has 0 bridgehead atoms. The van der Waals surface area contributed by atoms with Gasteiger partial charge < -0.3 is 5.32 Å². The van der Waals surface area contributed by atoms with E-state index in [2.05, 4.69) is 12.2 Å². The number of rotatable bonds is 2. The summed E-state index contributed by atoms with van der Waals surface area (Å²) in [5, 5.41) is 3.31. The van der Waals surface area contributed by atoms with Gasteiger partial charge in [-0.25, -0.2) is 8.78 Å². The Balaban J connectivity index is 2.10. The Morgan fingerprint density at radius 1 is 1.38 bits per heavy atom. The van der Waals surface area contributed by atoms with E-state index in [4.69, 9.17) is 0 Å². The van der Waals surface area contributed by atoms with Crippen LogP contribution in [-0.2, 0) is 6.42 Å². The monoisotopic (exact) mass is 225 g/mol.